The molecule has 0 spiro atoms. The lowest BCUT2D eigenvalue weighted by atomic mass is 9.85. The summed E-state index contributed by atoms with van der Waals surface area (Å²) in [5.41, 5.74) is 0.282. The minimum atomic E-state index is -0.518. The van der Waals surface area contributed by atoms with Crippen molar-refractivity contribution >= 4 is 11.7 Å². The van der Waals surface area contributed by atoms with Gasteiger partial charge in [-0.2, -0.15) is 0 Å². The molecule has 0 bridgehead atoms. The fraction of sp³-hybridized carbons (Fsp3) is 0.583. The number of Topliss-reactive ketones (excluding diaryl/α,β-unsaturated/α-hetero) is 1. The molecule has 0 saturated heterocycles. The number of ketones is 1. The lowest BCUT2D eigenvalue weighted by molar-refractivity contribution is -0.131. The summed E-state index contributed by atoms with van der Waals surface area (Å²) < 4.78 is 0. The van der Waals surface area contributed by atoms with Gasteiger partial charge in [-0.1, -0.05) is 20.8 Å². The topological polar surface area (TPSA) is 74.8 Å². The number of rotatable bonds is 4. The maximum absolute atomic E-state index is 12.2. The fourth-order valence-corrected chi connectivity index (χ4v) is 1.59. The minimum absolute atomic E-state index is 0.00991. The zero-order valence-electron chi connectivity index (χ0n) is 10.7. The van der Waals surface area contributed by atoms with Crippen molar-refractivity contribution in [3.63, 3.8) is 0 Å². The smallest absolute Gasteiger partial charge is 0.217 e. The number of aromatic amines is 1. The first kappa shape index (κ1) is 13.4. The molecule has 17 heavy (non-hydrogen) atoms. The van der Waals surface area contributed by atoms with Gasteiger partial charge in [-0.05, 0) is 0 Å². The molecule has 1 aromatic rings. The van der Waals surface area contributed by atoms with Crippen molar-refractivity contribution < 1.29 is 9.59 Å². The standard InChI is InChI=1S/C12H19N3O2/c1-8(16)15-10(11(17)12(2,3)4)5-9-6-13-7-14-9/h6-7,10H,5H2,1-4H3,(H,13,14)(H,15,16)/t10-/m0/s1. The highest BCUT2D eigenvalue weighted by Gasteiger charge is 2.30. The van der Waals surface area contributed by atoms with Crippen molar-refractivity contribution in [2.75, 3.05) is 0 Å². The molecule has 0 unspecified atom stereocenters. The number of nitrogens with zero attached hydrogens (tertiary/aromatic N) is 1. The first-order valence-electron chi connectivity index (χ1n) is 5.60. The molecular formula is C12H19N3O2. The average molecular weight is 237 g/mol. The summed E-state index contributed by atoms with van der Waals surface area (Å²) in [4.78, 5) is 30.2. The van der Waals surface area contributed by atoms with Gasteiger partial charge in [0.1, 0.15) is 0 Å². The van der Waals surface area contributed by atoms with E-state index in [1.165, 1.54) is 6.92 Å². The minimum Gasteiger partial charge on any atom is -0.351 e. The van der Waals surface area contributed by atoms with Crippen LogP contribution in [-0.2, 0) is 16.0 Å². The predicted molar refractivity (Wildman–Crippen MR) is 64.4 cm³/mol. The first-order chi connectivity index (χ1) is 7.80. The Morgan fingerprint density at radius 2 is 2.12 bits per heavy atom. The Hall–Kier alpha value is -1.65. The van der Waals surface area contributed by atoms with E-state index in [0.29, 0.717) is 6.42 Å². The second kappa shape index (κ2) is 5.12. The quantitative estimate of drug-likeness (QED) is 0.822. The van der Waals surface area contributed by atoms with E-state index in [1.807, 2.05) is 20.8 Å². The normalized spacial score (nSPS) is 13.2. The van der Waals surface area contributed by atoms with Crippen LogP contribution >= 0.6 is 0 Å². The number of aromatic nitrogens is 2. The third-order valence-electron chi connectivity index (χ3n) is 2.40. The molecular weight excluding hydrogens is 218 g/mol. The summed E-state index contributed by atoms with van der Waals surface area (Å²) >= 11 is 0. The van der Waals surface area contributed by atoms with E-state index in [-0.39, 0.29) is 11.7 Å². The molecule has 2 N–H and O–H groups in total. The van der Waals surface area contributed by atoms with Crippen LogP contribution in [0.4, 0.5) is 0 Å². The monoisotopic (exact) mass is 237 g/mol. The summed E-state index contributed by atoms with van der Waals surface area (Å²) in [6.45, 7) is 6.94. The molecule has 0 fully saturated rings. The van der Waals surface area contributed by atoms with Crippen molar-refractivity contribution in [1.29, 1.82) is 0 Å². The van der Waals surface area contributed by atoms with Crippen molar-refractivity contribution in [3.05, 3.63) is 18.2 Å². The SMILES string of the molecule is CC(=O)N[C@@H](Cc1c[nH]cn1)C(=O)C(C)(C)C. The molecule has 1 aromatic heterocycles. The number of imidazole rings is 1. The molecule has 0 aliphatic carbocycles. The molecule has 5 nitrogen and oxygen atoms in total. The zero-order valence-corrected chi connectivity index (χ0v) is 10.7. The van der Waals surface area contributed by atoms with Gasteiger partial charge in [-0.25, -0.2) is 4.98 Å². The van der Waals surface area contributed by atoms with Gasteiger partial charge in [-0.3, -0.25) is 9.59 Å². The average Bonchev–Trinajstić information content (AvgIpc) is 2.66. The van der Waals surface area contributed by atoms with Gasteiger partial charge < -0.3 is 10.3 Å². The fourth-order valence-electron chi connectivity index (χ4n) is 1.59. The summed E-state index contributed by atoms with van der Waals surface area (Å²) in [5.74, 6) is -0.196. The van der Waals surface area contributed by atoms with E-state index >= 15 is 0 Å². The van der Waals surface area contributed by atoms with Crippen LogP contribution in [0.5, 0.6) is 0 Å². The van der Waals surface area contributed by atoms with Crippen molar-refractivity contribution in [3.8, 4) is 0 Å². The van der Waals surface area contributed by atoms with Gasteiger partial charge in [0.25, 0.3) is 0 Å². The maximum Gasteiger partial charge on any atom is 0.217 e. The lowest BCUT2D eigenvalue weighted by Gasteiger charge is -2.24. The summed E-state index contributed by atoms with van der Waals surface area (Å²) in [7, 11) is 0. The Kier molecular flexibility index (Phi) is 4.04. The number of hydrogen-bond acceptors (Lipinski definition) is 3. The number of amides is 1. The number of carbonyl (C=O) groups is 2. The molecule has 5 heteroatoms. The van der Waals surface area contributed by atoms with Crippen LogP contribution in [0.1, 0.15) is 33.4 Å². The van der Waals surface area contributed by atoms with Crippen LogP contribution in [0.25, 0.3) is 0 Å². The summed E-state index contributed by atoms with van der Waals surface area (Å²) in [5, 5.41) is 2.68. The van der Waals surface area contributed by atoms with Crippen LogP contribution in [0.2, 0.25) is 0 Å². The molecule has 0 radical (unpaired) electrons. The highest BCUT2D eigenvalue weighted by molar-refractivity contribution is 5.92. The van der Waals surface area contributed by atoms with Gasteiger partial charge in [0.05, 0.1) is 18.1 Å². The van der Waals surface area contributed by atoms with Crippen LogP contribution in [0.15, 0.2) is 12.5 Å². The molecule has 0 saturated carbocycles. The van der Waals surface area contributed by atoms with E-state index in [2.05, 4.69) is 15.3 Å². The van der Waals surface area contributed by atoms with Gasteiger partial charge in [0.2, 0.25) is 5.91 Å². The van der Waals surface area contributed by atoms with Gasteiger partial charge in [0, 0.05) is 25.0 Å². The number of H-pyrrole nitrogens is 1. The third kappa shape index (κ3) is 4.01. The van der Waals surface area contributed by atoms with Crippen LogP contribution in [0, 0.1) is 5.41 Å². The van der Waals surface area contributed by atoms with Gasteiger partial charge in [-0.15, -0.1) is 0 Å². The molecule has 94 valence electrons. The van der Waals surface area contributed by atoms with Crippen LogP contribution in [0.3, 0.4) is 0 Å². The Balaban J connectivity index is 2.80. The summed E-state index contributed by atoms with van der Waals surface area (Å²) in [6.07, 6.45) is 3.70. The molecule has 1 heterocycles. The largest absolute Gasteiger partial charge is 0.351 e. The molecule has 0 aromatic carbocycles. The predicted octanol–water partition coefficient (Wildman–Crippen LogP) is 1.07. The van der Waals surface area contributed by atoms with Gasteiger partial charge in [0.15, 0.2) is 5.78 Å². The second-order valence-electron chi connectivity index (χ2n) is 5.13. The Morgan fingerprint density at radius 1 is 1.47 bits per heavy atom. The highest BCUT2D eigenvalue weighted by Crippen LogP contribution is 2.18. The third-order valence-corrected chi connectivity index (χ3v) is 2.40. The molecule has 1 rings (SSSR count). The maximum atomic E-state index is 12.2. The highest BCUT2D eigenvalue weighted by atomic mass is 16.2. The van der Waals surface area contributed by atoms with Crippen LogP contribution < -0.4 is 5.32 Å². The second-order valence-corrected chi connectivity index (χ2v) is 5.13. The van der Waals surface area contributed by atoms with E-state index in [9.17, 15) is 9.59 Å². The van der Waals surface area contributed by atoms with Crippen molar-refractivity contribution in [1.82, 2.24) is 15.3 Å². The molecule has 0 aliphatic rings. The van der Waals surface area contributed by atoms with E-state index < -0.39 is 11.5 Å². The van der Waals surface area contributed by atoms with E-state index in [4.69, 9.17) is 0 Å². The van der Waals surface area contributed by atoms with Crippen LogP contribution in [-0.4, -0.2) is 27.7 Å². The molecule has 1 amide bonds. The number of hydrogen-bond donors (Lipinski definition) is 2. The number of carbonyl (C=O) groups excluding carboxylic acids is 2. The Labute approximate surface area is 101 Å². The Morgan fingerprint density at radius 3 is 2.53 bits per heavy atom. The van der Waals surface area contributed by atoms with Gasteiger partial charge >= 0.3 is 0 Å². The summed E-state index contributed by atoms with van der Waals surface area (Å²) in [6, 6.07) is -0.518. The van der Waals surface area contributed by atoms with E-state index in [0.717, 1.165) is 5.69 Å². The van der Waals surface area contributed by atoms with Crippen molar-refractivity contribution in [2.24, 2.45) is 5.41 Å². The Bertz CT molecular complexity index is 390. The lowest BCUT2D eigenvalue weighted by Crippen LogP contribution is -2.46. The molecule has 1 atom stereocenters. The number of nitrogens with one attached hydrogen (secondary N) is 2. The van der Waals surface area contributed by atoms with Crippen molar-refractivity contribution in [2.45, 2.75) is 40.2 Å². The first-order valence-corrected chi connectivity index (χ1v) is 5.60. The van der Waals surface area contributed by atoms with E-state index in [1.54, 1.807) is 12.5 Å². The molecule has 0 aliphatic heterocycles. The zero-order chi connectivity index (χ0) is 13.1.